The number of hydrogen-bond acceptors (Lipinski definition) is 8. The Morgan fingerprint density at radius 1 is 1.03 bits per heavy atom. The Kier molecular flexibility index (Phi) is 5.14. The number of piperidine rings is 1. The molecule has 4 N–H and O–H groups in total. The van der Waals surface area contributed by atoms with Gasteiger partial charge in [-0.25, -0.2) is 0 Å². The maximum absolute atomic E-state index is 5.43. The van der Waals surface area contributed by atoms with Gasteiger partial charge in [0.1, 0.15) is 5.82 Å². The Morgan fingerprint density at radius 2 is 1.83 bits per heavy atom. The van der Waals surface area contributed by atoms with Gasteiger partial charge in [0.25, 0.3) is 0 Å². The number of aromatic nitrogens is 4. The molecule has 0 saturated carbocycles. The lowest BCUT2D eigenvalue weighted by Gasteiger charge is -2.28. The van der Waals surface area contributed by atoms with E-state index >= 15 is 0 Å². The van der Waals surface area contributed by atoms with E-state index in [4.69, 9.17) is 9.72 Å². The summed E-state index contributed by atoms with van der Waals surface area (Å²) in [7, 11) is 0. The first-order valence-electron chi connectivity index (χ1n) is 10.2. The highest BCUT2D eigenvalue weighted by molar-refractivity contribution is 5.87. The predicted molar refractivity (Wildman–Crippen MR) is 114 cm³/mol. The topological polar surface area (TPSA) is 103 Å². The van der Waals surface area contributed by atoms with Crippen LogP contribution in [-0.4, -0.2) is 65.6 Å². The molecule has 4 heterocycles. The van der Waals surface area contributed by atoms with Crippen molar-refractivity contribution in [2.24, 2.45) is 0 Å². The first-order valence-corrected chi connectivity index (χ1v) is 10.2. The van der Waals surface area contributed by atoms with Crippen LogP contribution >= 0.6 is 0 Å². The third-order valence-corrected chi connectivity index (χ3v) is 5.49. The van der Waals surface area contributed by atoms with Gasteiger partial charge in [0.05, 0.1) is 24.8 Å². The van der Waals surface area contributed by atoms with Gasteiger partial charge in [-0.15, -0.1) is 0 Å². The Labute approximate surface area is 169 Å². The van der Waals surface area contributed by atoms with E-state index in [0.29, 0.717) is 12.0 Å². The zero-order chi connectivity index (χ0) is 19.5. The van der Waals surface area contributed by atoms with E-state index in [1.165, 1.54) is 5.69 Å². The molecule has 0 radical (unpaired) electrons. The number of nitrogens with one attached hydrogen (secondary N) is 4. The first kappa shape index (κ1) is 18.1. The number of morpholine rings is 1. The quantitative estimate of drug-likeness (QED) is 0.522. The summed E-state index contributed by atoms with van der Waals surface area (Å²) < 4.78 is 5.43. The lowest BCUT2D eigenvalue weighted by atomic mass is 10.1. The third-order valence-electron chi connectivity index (χ3n) is 5.49. The lowest BCUT2D eigenvalue weighted by Crippen LogP contribution is -2.36. The molecule has 5 rings (SSSR count). The third kappa shape index (κ3) is 4.10. The highest BCUT2D eigenvalue weighted by atomic mass is 16.5. The summed E-state index contributed by atoms with van der Waals surface area (Å²) >= 11 is 0. The van der Waals surface area contributed by atoms with E-state index in [9.17, 15) is 0 Å². The van der Waals surface area contributed by atoms with Crippen LogP contribution in [0.25, 0.3) is 11.0 Å². The minimum absolute atomic E-state index is 0.407. The zero-order valence-electron chi connectivity index (χ0n) is 16.3. The van der Waals surface area contributed by atoms with Crippen LogP contribution in [-0.2, 0) is 4.74 Å². The van der Waals surface area contributed by atoms with E-state index in [0.717, 1.165) is 74.8 Å². The largest absolute Gasteiger partial charge is 0.378 e. The van der Waals surface area contributed by atoms with Gasteiger partial charge < -0.3 is 25.6 Å². The number of anilines is 4. The first-order chi connectivity index (χ1) is 14.3. The smallest absolute Gasteiger partial charge is 0.231 e. The van der Waals surface area contributed by atoms with Gasteiger partial charge in [-0.2, -0.15) is 15.1 Å². The fourth-order valence-electron chi connectivity index (χ4n) is 3.87. The number of ether oxygens (including phenoxy) is 1. The van der Waals surface area contributed by atoms with Crippen LogP contribution in [0.4, 0.5) is 23.1 Å². The molecule has 3 aromatic rings. The molecule has 2 saturated heterocycles. The number of nitrogens with zero attached hydrogens (tertiary/aromatic N) is 4. The Morgan fingerprint density at radius 3 is 2.62 bits per heavy atom. The average molecular weight is 394 g/mol. The van der Waals surface area contributed by atoms with Crippen LogP contribution < -0.4 is 20.9 Å². The van der Waals surface area contributed by atoms with E-state index in [1.54, 1.807) is 6.20 Å². The Bertz CT molecular complexity index is 945. The van der Waals surface area contributed by atoms with Crippen LogP contribution in [0.1, 0.15) is 12.8 Å². The molecule has 2 aromatic heterocycles. The number of benzene rings is 1. The summed E-state index contributed by atoms with van der Waals surface area (Å²) in [5, 5.41) is 18.3. The van der Waals surface area contributed by atoms with Crippen molar-refractivity contribution in [3.05, 3.63) is 30.5 Å². The molecule has 0 amide bonds. The van der Waals surface area contributed by atoms with Gasteiger partial charge >= 0.3 is 0 Å². The highest BCUT2D eigenvalue weighted by Gasteiger charge is 2.17. The van der Waals surface area contributed by atoms with Crippen molar-refractivity contribution in [3.8, 4) is 0 Å². The molecule has 2 fully saturated rings. The molecule has 0 bridgehead atoms. The molecule has 0 spiro atoms. The van der Waals surface area contributed by atoms with E-state index in [2.05, 4.69) is 60.3 Å². The van der Waals surface area contributed by atoms with E-state index < -0.39 is 0 Å². The van der Waals surface area contributed by atoms with Crippen molar-refractivity contribution in [1.82, 2.24) is 25.5 Å². The molecule has 152 valence electrons. The minimum Gasteiger partial charge on any atom is -0.378 e. The number of hydrogen-bond donors (Lipinski definition) is 4. The maximum Gasteiger partial charge on any atom is 0.231 e. The van der Waals surface area contributed by atoms with Gasteiger partial charge in [0.2, 0.25) is 5.95 Å². The minimum atomic E-state index is 0.407. The van der Waals surface area contributed by atoms with Gasteiger partial charge in [0, 0.05) is 30.5 Å². The number of aromatic amines is 1. The second-order valence-corrected chi connectivity index (χ2v) is 7.47. The van der Waals surface area contributed by atoms with Crippen molar-refractivity contribution in [1.29, 1.82) is 0 Å². The number of rotatable bonds is 5. The molecule has 9 nitrogen and oxygen atoms in total. The number of H-pyrrole nitrogens is 1. The fourth-order valence-corrected chi connectivity index (χ4v) is 3.87. The molecule has 9 heteroatoms. The molecule has 0 aliphatic carbocycles. The second kappa shape index (κ2) is 8.22. The summed E-state index contributed by atoms with van der Waals surface area (Å²) in [6.45, 7) is 5.47. The monoisotopic (exact) mass is 394 g/mol. The number of fused-ring (bicyclic) bond motifs is 1. The molecule has 0 unspecified atom stereocenters. The maximum atomic E-state index is 5.43. The van der Waals surface area contributed by atoms with Crippen molar-refractivity contribution < 1.29 is 4.74 Å². The summed E-state index contributed by atoms with van der Waals surface area (Å²) in [6, 6.07) is 8.77. The molecule has 29 heavy (non-hydrogen) atoms. The van der Waals surface area contributed by atoms with Gasteiger partial charge in [-0.3, -0.25) is 5.10 Å². The van der Waals surface area contributed by atoms with Gasteiger partial charge in [-0.05, 0) is 50.2 Å². The van der Waals surface area contributed by atoms with Gasteiger partial charge in [0.15, 0.2) is 5.65 Å². The molecule has 0 atom stereocenters. The fraction of sp³-hybridized carbons (Fsp3) is 0.450. The van der Waals surface area contributed by atoms with Crippen LogP contribution in [0.15, 0.2) is 30.5 Å². The summed E-state index contributed by atoms with van der Waals surface area (Å²) in [5.41, 5.74) is 2.88. The SMILES string of the molecule is c1cc(N2CCOCC2)ccc1Nc1nc(NC2CCNCC2)c2cn[nH]c2n1. The van der Waals surface area contributed by atoms with Crippen molar-refractivity contribution >= 4 is 34.2 Å². The normalized spacial score (nSPS) is 18.1. The lowest BCUT2D eigenvalue weighted by molar-refractivity contribution is 0.122. The van der Waals surface area contributed by atoms with E-state index in [1.807, 2.05) is 0 Å². The molecular weight excluding hydrogens is 368 g/mol. The van der Waals surface area contributed by atoms with Crippen LogP contribution in [0.5, 0.6) is 0 Å². The standard InChI is InChI=1S/C20H26N8O/c1-3-16(28-9-11-29-12-10-28)4-2-14(1)24-20-25-18(17-13-22-27-19(17)26-20)23-15-5-7-21-8-6-15/h1-4,13,15,21H,5-12H2,(H3,22,23,24,25,26,27). The molecule has 1 aromatic carbocycles. The average Bonchev–Trinajstić information content (AvgIpc) is 3.25. The molecule has 2 aliphatic rings. The van der Waals surface area contributed by atoms with Crippen molar-refractivity contribution in [3.63, 3.8) is 0 Å². The van der Waals surface area contributed by atoms with Crippen molar-refractivity contribution in [2.75, 3.05) is 54.9 Å². The van der Waals surface area contributed by atoms with Gasteiger partial charge in [-0.1, -0.05) is 0 Å². The molecular formula is C20H26N8O. The Hall–Kier alpha value is -2.91. The summed E-state index contributed by atoms with van der Waals surface area (Å²) in [5.74, 6) is 1.38. The highest BCUT2D eigenvalue weighted by Crippen LogP contribution is 2.25. The predicted octanol–water partition coefficient (Wildman–Crippen LogP) is 2.10. The Balaban J connectivity index is 1.34. The van der Waals surface area contributed by atoms with Crippen LogP contribution in [0.3, 0.4) is 0 Å². The second-order valence-electron chi connectivity index (χ2n) is 7.47. The molecule has 2 aliphatic heterocycles. The van der Waals surface area contributed by atoms with Crippen LogP contribution in [0, 0.1) is 0 Å². The zero-order valence-corrected chi connectivity index (χ0v) is 16.3. The van der Waals surface area contributed by atoms with Crippen molar-refractivity contribution in [2.45, 2.75) is 18.9 Å². The van der Waals surface area contributed by atoms with E-state index in [-0.39, 0.29) is 0 Å². The summed E-state index contributed by atoms with van der Waals surface area (Å²) in [6.07, 6.45) is 3.93. The summed E-state index contributed by atoms with van der Waals surface area (Å²) in [4.78, 5) is 11.6. The van der Waals surface area contributed by atoms with Crippen LogP contribution in [0.2, 0.25) is 0 Å².